The first-order valence-corrected chi connectivity index (χ1v) is 6.35. The lowest BCUT2D eigenvalue weighted by Gasteiger charge is -2.29. The van der Waals surface area contributed by atoms with Crippen LogP contribution in [0.4, 0.5) is 4.79 Å². The number of carbonyl (C=O) groups is 2. The zero-order valence-electron chi connectivity index (χ0n) is 12.3. The number of aromatic nitrogens is 1. The van der Waals surface area contributed by atoms with Gasteiger partial charge in [-0.15, -0.1) is 0 Å². The van der Waals surface area contributed by atoms with Gasteiger partial charge < -0.3 is 15.3 Å². The minimum absolute atomic E-state index is 0.394. The van der Waals surface area contributed by atoms with Gasteiger partial charge in [0.25, 0.3) is 0 Å². The summed E-state index contributed by atoms with van der Waals surface area (Å²) in [5.74, 6) is -1.04. The fraction of sp³-hybridized carbons (Fsp3) is 0.500. The third kappa shape index (κ3) is 4.53. The Kier molecular flexibility index (Phi) is 5.07. The van der Waals surface area contributed by atoms with E-state index in [1.807, 2.05) is 12.1 Å². The van der Waals surface area contributed by atoms with Gasteiger partial charge in [0.2, 0.25) is 0 Å². The van der Waals surface area contributed by atoms with Gasteiger partial charge in [-0.25, -0.2) is 9.59 Å². The fourth-order valence-corrected chi connectivity index (χ4v) is 1.72. The summed E-state index contributed by atoms with van der Waals surface area (Å²) in [6, 6.07) is 2.27. The lowest BCUT2D eigenvalue weighted by atomic mass is 9.87. The molecule has 0 spiro atoms. The molecule has 0 aliphatic rings. The molecule has 20 heavy (non-hydrogen) atoms. The van der Waals surface area contributed by atoms with Gasteiger partial charge in [0.15, 0.2) is 0 Å². The molecule has 0 radical (unpaired) electrons. The van der Waals surface area contributed by atoms with Crippen LogP contribution in [0.25, 0.3) is 0 Å². The standard InChI is InChI=1S/C14H21N3O3/c1-14(2,3)11(12(18)19)16-13(20)17(4)9-10-5-7-15-8-6-10/h5-8,11H,9H2,1-4H3,(H,16,20)(H,18,19)/t11-/m1/s1. The number of hydrogen-bond donors (Lipinski definition) is 2. The average Bonchev–Trinajstić information content (AvgIpc) is 2.34. The van der Waals surface area contributed by atoms with Crippen LogP contribution >= 0.6 is 0 Å². The van der Waals surface area contributed by atoms with Gasteiger partial charge in [0.1, 0.15) is 6.04 Å². The van der Waals surface area contributed by atoms with Crippen molar-refractivity contribution >= 4 is 12.0 Å². The number of nitrogens with zero attached hydrogens (tertiary/aromatic N) is 2. The Morgan fingerprint density at radius 2 is 1.90 bits per heavy atom. The SMILES string of the molecule is CN(Cc1ccncc1)C(=O)N[C@H](C(=O)O)C(C)(C)C. The molecule has 1 rings (SSSR count). The number of carboxylic acids is 1. The van der Waals surface area contributed by atoms with Crippen LogP contribution in [0.2, 0.25) is 0 Å². The van der Waals surface area contributed by atoms with Crippen molar-refractivity contribution in [3.05, 3.63) is 30.1 Å². The Balaban J connectivity index is 2.67. The largest absolute Gasteiger partial charge is 0.480 e. The molecule has 0 unspecified atom stereocenters. The van der Waals surface area contributed by atoms with Gasteiger partial charge in [-0.2, -0.15) is 0 Å². The Bertz CT molecular complexity index is 468. The molecule has 0 saturated heterocycles. The van der Waals surface area contributed by atoms with Crippen LogP contribution in [0.1, 0.15) is 26.3 Å². The number of aliphatic carboxylic acids is 1. The van der Waals surface area contributed by atoms with Crippen LogP contribution in [-0.4, -0.2) is 40.1 Å². The Morgan fingerprint density at radius 3 is 2.35 bits per heavy atom. The summed E-state index contributed by atoms with van der Waals surface area (Å²) in [7, 11) is 1.62. The normalized spacial score (nSPS) is 12.6. The molecule has 110 valence electrons. The highest BCUT2D eigenvalue weighted by Crippen LogP contribution is 2.19. The Labute approximate surface area is 118 Å². The summed E-state index contributed by atoms with van der Waals surface area (Å²) in [5, 5.41) is 11.7. The second-order valence-electron chi connectivity index (χ2n) is 5.80. The van der Waals surface area contributed by atoms with Crippen molar-refractivity contribution in [2.75, 3.05) is 7.05 Å². The molecule has 6 heteroatoms. The number of rotatable bonds is 4. The van der Waals surface area contributed by atoms with Crippen molar-refractivity contribution in [2.45, 2.75) is 33.4 Å². The minimum atomic E-state index is -1.04. The van der Waals surface area contributed by atoms with Gasteiger partial charge >= 0.3 is 12.0 Å². The van der Waals surface area contributed by atoms with Gasteiger partial charge in [-0.1, -0.05) is 20.8 Å². The highest BCUT2D eigenvalue weighted by molar-refractivity contribution is 5.83. The van der Waals surface area contributed by atoms with E-state index in [1.165, 1.54) is 4.90 Å². The molecule has 1 aromatic rings. The monoisotopic (exact) mass is 279 g/mol. The predicted octanol–water partition coefficient (Wildman–Crippen LogP) is 1.72. The molecular formula is C14H21N3O3. The number of carboxylic acid groups (broad SMARTS) is 1. The molecule has 0 bridgehead atoms. The van der Waals surface area contributed by atoms with Crippen molar-refractivity contribution < 1.29 is 14.7 Å². The summed E-state index contributed by atoms with van der Waals surface area (Å²) >= 11 is 0. The van der Waals surface area contributed by atoms with Crippen molar-refractivity contribution in [2.24, 2.45) is 5.41 Å². The van der Waals surface area contributed by atoms with E-state index in [9.17, 15) is 14.7 Å². The summed E-state index contributed by atoms with van der Waals surface area (Å²) in [6.45, 7) is 5.71. The molecule has 2 N–H and O–H groups in total. The molecule has 1 aromatic heterocycles. The van der Waals surface area contributed by atoms with Gasteiger partial charge in [0, 0.05) is 26.0 Å². The first kappa shape index (κ1) is 15.9. The molecule has 6 nitrogen and oxygen atoms in total. The van der Waals surface area contributed by atoms with E-state index in [1.54, 1.807) is 40.2 Å². The van der Waals surface area contributed by atoms with Crippen LogP contribution in [-0.2, 0) is 11.3 Å². The second-order valence-corrected chi connectivity index (χ2v) is 5.80. The number of urea groups is 1. The minimum Gasteiger partial charge on any atom is -0.480 e. The Morgan fingerprint density at radius 1 is 1.35 bits per heavy atom. The smallest absolute Gasteiger partial charge is 0.326 e. The first-order valence-electron chi connectivity index (χ1n) is 6.35. The molecule has 0 fully saturated rings. The van der Waals surface area contributed by atoms with Crippen LogP contribution in [0.15, 0.2) is 24.5 Å². The van der Waals surface area contributed by atoms with E-state index < -0.39 is 23.5 Å². The van der Waals surface area contributed by atoms with Crippen LogP contribution in [0.3, 0.4) is 0 Å². The average molecular weight is 279 g/mol. The fourth-order valence-electron chi connectivity index (χ4n) is 1.72. The number of amides is 2. The molecule has 2 amide bonds. The van der Waals surface area contributed by atoms with Crippen molar-refractivity contribution in [1.29, 1.82) is 0 Å². The van der Waals surface area contributed by atoms with E-state index in [4.69, 9.17) is 0 Å². The molecule has 0 saturated carbocycles. The highest BCUT2D eigenvalue weighted by atomic mass is 16.4. The molecular weight excluding hydrogens is 258 g/mol. The number of hydrogen-bond acceptors (Lipinski definition) is 3. The quantitative estimate of drug-likeness (QED) is 0.879. The molecule has 0 aliphatic carbocycles. The van der Waals surface area contributed by atoms with E-state index >= 15 is 0 Å². The van der Waals surface area contributed by atoms with Gasteiger partial charge in [-0.3, -0.25) is 4.98 Å². The van der Waals surface area contributed by atoms with Crippen LogP contribution < -0.4 is 5.32 Å². The lowest BCUT2D eigenvalue weighted by molar-refractivity contribution is -0.142. The van der Waals surface area contributed by atoms with E-state index in [0.717, 1.165) is 5.56 Å². The molecule has 1 heterocycles. The summed E-state index contributed by atoms with van der Waals surface area (Å²) < 4.78 is 0. The zero-order valence-corrected chi connectivity index (χ0v) is 12.3. The maximum Gasteiger partial charge on any atom is 0.326 e. The van der Waals surface area contributed by atoms with Crippen molar-refractivity contribution in [1.82, 2.24) is 15.2 Å². The second kappa shape index (κ2) is 6.36. The van der Waals surface area contributed by atoms with Crippen LogP contribution in [0.5, 0.6) is 0 Å². The number of pyridine rings is 1. The predicted molar refractivity (Wildman–Crippen MR) is 75.1 cm³/mol. The first-order chi connectivity index (χ1) is 9.21. The summed E-state index contributed by atoms with van der Waals surface area (Å²) in [5.41, 5.74) is 0.374. The van der Waals surface area contributed by atoms with Crippen LogP contribution in [0, 0.1) is 5.41 Å². The number of nitrogens with one attached hydrogen (secondary N) is 1. The lowest BCUT2D eigenvalue weighted by Crippen LogP contribution is -2.52. The maximum absolute atomic E-state index is 12.0. The third-order valence-corrected chi connectivity index (χ3v) is 2.90. The topological polar surface area (TPSA) is 82.5 Å². The summed E-state index contributed by atoms with van der Waals surface area (Å²) in [4.78, 5) is 28.6. The van der Waals surface area contributed by atoms with E-state index in [-0.39, 0.29) is 0 Å². The van der Waals surface area contributed by atoms with Crippen molar-refractivity contribution in [3.63, 3.8) is 0 Å². The Hall–Kier alpha value is -2.11. The van der Waals surface area contributed by atoms with E-state index in [0.29, 0.717) is 6.54 Å². The molecule has 1 atom stereocenters. The highest BCUT2D eigenvalue weighted by Gasteiger charge is 2.33. The zero-order chi connectivity index (χ0) is 15.3. The van der Waals surface area contributed by atoms with E-state index in [2.05, 4.69) is 10.3 Å². The third-order valence-electron chi connectivity index (χ3n) is 2.90. The van der Waals surface area contributed by atoms with Gasteiger partial charge in [-0.05, 0) is 23.1 Å². The molecule has 0 aromatic carbocycles. The number of carbonyl (C=O) groups excluding carboxylic acids is 1. The summed E-state index contributed by atoms with van der Waals surface area (Å²) in [6.07, 6.45) is 3.30. The maximum atomic E-state index is 12.0. The van der Waals surface area contributed by atoms with Crippen molar-refractivity contribution in [3.8, 4) is 0 Å². The van der Waals surface area contributed by atoms with Gasteiger partial charge in [0.05, 0.1) is 0 Å². The molecule has 0 aliphatic heterocycles.